The summed E-state index contributed by atoms with van der Waals surface area (Å²) >= 11 is 4.71. The van der Waals surface area contributed by atoms with Gasteiger partial charge in [0.05, 0.1) is 5.39 Å². The van der Waals surface area contributed by atoms with Gasteiger partial charge in [-0.05, 0) is 36.6 Å². The molecular weight excluding hydrogens is 378 g/mol. The average molecular weight is 390 g/mol. The molecule has 3 rings (SSSR count). The van der Waals surface area contributed by atoms with E-state index in [-0.39, 0.29) is 11.3 Å². The molecule has 0 spiro atoms. The molecule has 0 atom stereocenters. The molecule has 0 saturated carbocycles. The third kappa shape index (κ3) is 2.94. The quantitative estimate of drug-likeness (QED) is 0.391. The van der Waals surface area contributed by atoms with Crippen LogP contribution >= 0.6 is 27.7 Å². The van der Waals surface area contributed by atoms with Gasteiger partial charge in [0.2, 0.25) is 0 Å². The second-order valence-corrected chi connectivity index (χ2v) is 6.58. The maximum Gasteiger partial charge on any atom is 0.263 e. The molecule has 0 amide bonds. The molecule has 7 heteroatoms. The van der Waals surface area contributed by atoms with Crippen molar-refractivity contribution in [3.8, 4) is 0 Å². The van der Waals surface area contributed by atoms with E-state index in [2.05, 4.69) is 25.9 Å². The molecule has 1 aromatic carbocycles. The lowest BCUT2D eigenvalue weighted by molar-refractivity contribution is 0.103. The zero-order valence-electron chi connectivity index (χ0n) is 12.4. The van der Waals surface area contributed by atoms with Crippen molar-refractivity contribution in [3.05, 3.63) is 62.5 Å². The maximum atomic E-state index is 12.5. The highest BCUT2D eigenvalue weighted by atomic mass is 79.9. The van der Waals surface area contributed by atoms with Crippen molar-refractivity contribution in [3.63, 3.8) is 0 Å². The van der Waals surface area contributed by atoms with Crippen LogP contribution in [0.1, 0.15) is 15.9 Å². The molecule has 0 radical (unpaired) electrons. The number of nitrogens with zero attached hydrogens (tertiary/aromatic N) is 3. The summed E-state index contributed by atoms with van der Waals surface area (Å²) in [6.07, 6.45) is 3.31. The summed E-state index contributed by atoms with van der Waals surface area (Å²) < 4.78 is 2.36. The molecular formula is C16H12BrN3O2S. The van der Waals surface area contributed by atoms with E-state index in [1.807, 2.05) is 6.26 Å². The summed E-state index contributed by atoms with van der Waals surface area (Å²) in [7, 11) is 1.66. The number of pyridine rings is 1. The number of thioether (sulfide) groups is 1. The zero-order valence-corrected chi connectivity index (χ0v) is 14.8. The van der Waals surface area contributed by atoms with Gasteiger partial charge in [-0.2, -0.15) is 0 Å². The third-order valence-electron chi connectivity index (χ3n) is 3.44. The van der Waals surface area contributed by atoms with Crippen LogP contribution in [0.4, 0.5) is 0 Å². The van der Waals surface area contributed by atoms with Gasteiger partial charge in [-0.15, -0.1) is 0 Å². The fourth-order valence-corrected chi connectivity index (χ4v) is 3.01. The van der Waals surface area contributed by atoms with Gasteiger partial charge in [0, 0.05) is 28.8 Å². The van der Waals surface area contributed by atoms with Crippen molar-refractivity contribution in [2.24, 2.45) is 7.05 Å². The fraction of sp³-hybridized carbons (Fsp3) is 0.125. The van der Waals surface area contributed by atoms with Crippen LogP contribution in [0.15, 0.2) is 51.0 Å². The molecule has 2 aromatic heterocycles. The Morgan fingerprint density at radius 3 is 2.57 bits per heavy atom. The number of rotatable bonds is 3. The minimum atomic E-state index is -0.211. The molecule has 2 heterocycles. The van der Waals surface area contributed by atoms with E-state index < -0.39 is 0 Å². The van der Waals surface area contributed by atoms with Gasteiger partial charge in [-0.25, -0.2) is 9.97 Å². The molecule has 5 nitrogen and oxygen atoms in total. The molecule has 0 fully saturated rings. The first-order chi connectivity index (χ1) is 11.0. The van der Waals surface area contributed by atoms with E-state index in [0.717, 1.165) is 4.47 Å². The Morgan fingerprint density at radius 2 is 1.91 bits per heavy atom. The van der Waals surface area contributed by atoms with Crippen LogP contribution in [-0.2, 0) is 7.05 Å². The summed E-state index contributed by atoms with van der Waals surface area (Å²) in [6.45, 7) is 0. The smallest absolute Gasteiger partial charge is 0.263 e. The number of aromatic nitrogens is 3. The largest absolute Gasteiger partial charge is 0.290 e. The van der Waals surface area contributed by atoms with Crippen LogP contribution < -0.4 is 5.56 Å². The van der Waals surface area contributed by atoms with E-state index >= 15 is 0 Å². The Bertz CT molecular complexity index is 967. The highest BCUT2D eigenvalue weighted by Gasteiger charge is 2.14. The van der Waals surface area contributed by atoms with Crippen LogP contribution in [0.5, 0.6) is 0 Å². The molecule has 0 aliphatic heterocycles. The van der Waals surface area contributed by atoms with Crippen molar-refractivity contribution >= 4 is 44.5 Å². The van der Waals surface area contributed by atoms with Crippen LogP contribution in [0, 0.1) is 0 Å². The fourth-order valence-electron chi connectivity index (χ4n) is 2.21. The zero-order chi connectivity index (χ0) is 16.6. The van der Waals surface area contributed by atoms with E-state index in [4.69, 9.17) is 0 Å². The van der Waals surface area contributed by atoms with Gasteiger partial charge in [0.1, 0.15) is 0 Å². The molecule has 0 bridgehead atoms. The van der Waals surface area contributed by atoms with Gasteiger partial charge in [0.25, 0.3) is 5.56 Å². The van der Waals surface area contributed by atoms with E-state index in [9.17, 15) is 9.59 Å². The van der Waals surface area contributed by atoms with Crippen LogP contribution in [0.25, 0.3) is 11.0 Å². The second-order valence-electron chi connectivity index (χ2n) is 4.89. The van der Waals surface area contributed by atoms with Crippen molar-refractivity contribution in [2.75, 3.05) is 6.26 Å². The molecule has 0 saturated heterocycles. The number of ketones is 1. The minimum Gasteiger partial charge on any atom is -0.290 e. The first kappa shape index (κ1) is 15.9. The number of hydrogen-bond donors (Lipinski definition) is 0. The first-order valence-corrected chi connectivity index (χ1v) is 8.74. The minimum absolute atomic E-state index is 0.178. The Hall–Kier alpha value is -1.99. The van der Waals surface area contributed by atoms with Crippen molar-refractivity contribution in [1.29, 1.82) is 0 Å². The predicted molar refractivity (Wildman–Crippen MR) is 94.1 cm³/mol. The number of carbonyl (C=O) groups excluding carboxylic acids is 1. The number of hydrogen-bond acceptors (Lipinski definition) is 5. The highest BCUT2D eigenvalue weighted by molar-refractivity contribution is 9.10. The van der Waals surface area contributed by atoms with Crippen LogP contribution in [0.2, 0.25) is 0 Å². The summed E-state index contributed by atoms with van der Waals surface area (Å²) in [5, 5.41) is 0.926. The normalized spacial score (nSPS) is 10.9. The van der Waals surface area contributed by atoms with E-state index in [1.165, 1.54) is 22.5 Å². The Kier molecular flexibility index (Phi) is 4.32. The molecule has 23 heavy (non-hydrogen) atoms. The maximum absolute atomic E-state index is 12.5. The molecule has 0 unspecified atom stereocenters. The number of fused-ring (bicyclic) bond motifs is 1. The molecule has 0 N–H and O–H groups in total. The van der Waals surface area contributed by atoms with Crippen LogP contribution in [0.3, 0.4) is 0 Å². The van der Waals surface area contributed by atoms with Crippen molar-refractivity contribution in [2.45, 2.75) is 5.16 Å². The predicted octanol–water partition coefficient (Wildman–Crippen LogP) is 3.04. The van der Waals surface area contributed by atoms with Gasteiger partial charge in [-0.1, -0.05) is 27.7 Å². The molecule has 3 aromatic rings. The lowest BCUT2D eigenvalue weighted by atomic mass is 10.0. The molecule has 116 valence electrons. The number of carbonyl (C=O) groups is 1. The van der Waals surface area contributed by atoms with Crippen LogP contribution in [-0.4, -0.2) is 26.6 Å². The number of benzene rings is 1. The molecule has 0 aliphatic rings. The van der Waals surface area contributed by atoms with Gasteiger partial charge >= 0.3 is 0 Å². The lowest BCUT2D eigenvalue weighted by Crippen LogP contribution is -2.20. The van der Waals surface area contributed by atoms with Gasteiger partial charge in [0.15, 0.2) is 16.6 Å². The van der Waals surface area contributed by atoms with E-state index in [0.29, 0.717) is 27.3 Å². The summed E-state index contributed by atoms with van der Waals surface area (Å²) in [4.78, 5) is 33.5. The number of halogens is 1. The standard InChI is InChI=1S/C16H12BrN3O2S/c1-20-15(22)12-7-10(8-18-14(12)19-16(20)23-2)13(21)9-3-5-11(17)6-4-9/h3-8H,1-2H3. The summed E-state index contributed by atoms with van der Waals surface area (Å²) in [5.41, 5.74) is 1.05. The Balaban J connectivity index is 2.13. The van der Waals surface area contributed by atoms with Crippen molar-refractivity contribution in [1.82, 2.24) is 14.5 Å². The molecule has 0 aliphatic carbocycles. The summed E-state index contributed by atoms with van der Waals surface area (Å²) in [5.74, 6) is -0.178. The first-order valence-electron chi connectivity index (χ1n) is 6.72. The summed E-state index contributed by atoms with van der Waals surface area (Å²) in [6, 6.07) is 8.61. The third-order valence-corrected chi connectivity index (χ3v) is 4.70. The van der Waals surface area contributed by atoms with Crippen molar-refractivity contribution < 1.29 is 4.79 Å². The van der Waals surface area contributed by atoms with Gasteiger partial charge < -0.3 is 0 Å². The highest BCUT2D eigenvalue weighted by Crippen LogP contribution is 2.17. The second kappa shape index (κ2) is 6.25. The Morgan fingerprint density at radius 1 is 1.22 bits per heavy atom. The lowest BCUT2D eigenvalue weighted by Gasteiger charge is -2.07. The monoisotopic (exact) mass is 389 g/mol. The average Bonchev–Trinajstić information content (AvgIpc) is 2.58. The topological polar surface area (TPSA) is 64.8 Å². The van der Waals surface area contributed by atoms with Gasteiger partial charge in [-0.3, -0.25) is 14.2 Å². The SMILES string of the molecule is CSc1nc2ncc(C(=O)c3ccc(Br)cc3)cc2c(=O)n1C. The van der Waals surface area contributed by atoms with E-state index in [1.54, 1.807) is 37.4 Å². The Labute approximate surface area is 144 Å².